The van der Waals surface area contributed by atoms with Crippen molar-refractivity contribution < 1.29 is 103 Å². The minimum Gasteiger partial charge on any atom is -0.441 e. The number of imidazole rings is 1. The number of nitrogen functional groups attached to an aromatic ring is 1. The van der Waals surface area contributed by atoms with E-state index in [4.69, 9.17) is 52.4 Å². The number of carbonyl (C=O) groups is 8. The third kappa shape index (κ3) is 20.6. The largest absolute Gasteiger partial charge is 0.441 e. The van der Waals surface area contributed by atoms with E-state index in [1.54, 1.807) is 10.8 Å². The van der Waals surface area contributed by atoms with Crippen LogP contribution in [0.15, 0.2) is 23.3 Å². The number of nitrogens with two attached hydrogens (primary N) is 5. The number of ether oxygens (including phenoxy) is 5. The van der Waals surface area contributed by atoms with Gasteiger partial charge in [-0.15, -0.1) is 22.7 Å². The Bertz CT molecular complexity index is 3280. The number of aromatic nitrogens is 6. The molecule has 8 amide bonds. The molecule has 6 rings (SSSR count). The van der Waals surface area contributed by atoms with E-state index >= 15 is 4.79 Å². The van der Waals surface area contributed by atoms with Crippen molar-refractivity contribution in [1.29, 1.82) is 0 Å². The van der Waals surface area contributed by atoms with Crippen LogP contribution in [0.4, 0.5) is 10.6 Å². The molecule has 0 aliphatic carbocycles. The first-order valence-corrected chi connectivity index (χ1v) is 33.8. The first-order valence-electron chi connectivity index (χ1n) is 29.8. The van der Waals surface area contributed by atoms with Gasteiger partial charge in [0.25, 0.3) is 11.8 Å². The Labute approximate surface area is 559 Å². The number of hydrogen-bond acceptors (Lipinski definition) is 31. The fourth-order valence-corrected chi connectivity index (χ4v) is 12.1. The molecule has 0 bridgehead atoms. The maximum absolute atomic E-state index is 15.2. The number of nitrogens with one attached hydrogen (secondary N) is 7. The van der Waals surface area contributed by atoms with Crippen molar-refractivity contribution in [3.05, 3.63) is 56.8 Å². The van der Waals surface area contributed by atoms with Crippen molar-refractivity contribution in [3.63, 3.8) is 0 Å². The Morgan fingerprint density at radius 3 is 2.09 bits per heavy atom. The highest BCUT2D eigenvalue weighted by Crippen LogP contribution is 2.35. The zero-order valence-corrected chi connectivity index (χ0v) is 55.3. The van der Waals surface area contributed by atoms with Gasteiger partial charge in [-0.1, -0.05) is 6.92 Å². The van der Waals surface area contributed by atoms with Crippen LogP contribution in [0, 0.1) is 12.8 Å². The van der Waals surface area contributed by atoms with Gasteiger partial charge in [-0.25, -0.2) is 29.7 Å². The van der Waals surface area contributed by atoms with Gasteiger partial charge in [0.05, 0.1) is 85.2 Å². The van der Waals surface area contributed by atoms with Gasteiger partial charge in [-0.05, 0) is 31.7 Å². The number of aliphatic hydroxyl groups is 8. The van der Waals surface area contributed by atoms with E-state index in [1.807, 2.05) is 0 Å². The monoisotopic (exact) mass is 1410 g/mol. The van der Waals surface area contributed by atoms with Gasteiger partial charge in [0.1, 0.15) is 100 Å². The number of aliphatic hydroxyl groups excluding tert-OH is 8. The molecule has 2 fully saturated rings. The Hall–Kier alpha value is -7.30. The number of amides is 8. The number of nitrogens with zero attached hydrogens (tertiary/aromatic N) is 5. The summed E-state index contributed by atoms with van der Waals surface area (Å²) in [6.45, 7) is 3.18. The Morgan fingerprint density at radius 2 is 1.47 bits per heavy atom. The number of thiazole rings is 2. The van der Waals surface area contributed by atoms with Crippen LogP contribution in [0.25, 0.3) is 10.7 Å². The second-order valence-electron chi connectivity index (χ2n) is 22.8. The van der Waals surface area contributed by atoms with Crippen molar-refractivity contribution in [1.82, 2.24) is 61.8 Å². The average molecular weight is 1420 g/mol. The van der Waals surface area contributed by atoms with E-state index in [2.05, 4.69) is 74.3 Å². The molecule has 41 heteroatoms. The number of carbonyl (C=O) groups excluding carboxylic acids is 8. The highest BCUT2D eigenvalue weighted by atomic mass is 32.2. The molecule has 0 radical (unpaired) electrons. The molecule has 6 heterocycles. The zero-order valence-electron chi connectivity index (χ0n) is 52.9. The van der Waals surface area contributed by atoms with Crippen molar-refractivity contribution in [2.75, 3.05) is 56.8 Å². The first-order chi connectivity index (χ1) is 45.3. The van der Waals surface area contributed by atoms with Crippen LogP contribution in [-0.4, -0.2) is 267 Å². The van der Waals surface area contributed by atoms with E-state index in [9.17, 15) is 74.4 Å². The van der Waals surface area contributed by atoms with Crippen molar-refractivity contribution in [2.24, 2.45) is 28.9 Å². The van der Waals surface area contributed by atoms with Gasteiger partial charge < -0.3 is 130 Å². The lowest BCUT2D eigenvalue weighted by molar-refractivity contribution is -0.372. The highest BCUT2D eigenvalue weighted by molar-refractivity contribution is 7.95. The molecule has 2 aliphatic heterocycles. The SMILES string of the molecule is Cc1c(N)nc([C@H](CC(N)=O)NC[C@H](N)C(N)=O)nc1C(=O)N[C@@H](C(=O)N[C@H](C)[C@H](O)[C@H](C)C(=O)N[C@@H](C(=O)NCCc1nc(-c2nc(C(=O)NCCC[S+](C)C)cs2)cs1)[C@@H](C)O)[C@@H](O[C@@H]1O[C@H](CO)[C@@H](O)[C@H](O)[C@@H]1O[C@@H]1O[C@H](CO)[C@@H](O)[C@H](OC(N)=O)[C@@H]1O)c1cnc[nH]1. The van der Waals surface area contributed by atoms with Gasteiger partial charge in [0.15, 0.2) is 18.7 Å². The normalized spacial score (nSPS) is 24.0. The molecule has 0 aromatic carbocycles. The number of anilines is 1. The molecular formula is C55H84N17O21S3+. The van der Waals surface area contributed by atoms with Gasteiger partial charge in [-0.2, -0.15) is 0 Å². The predicted octanol–water partition coefficient (Wildman–Crippen LogP) is -7.70. The molecular weight excluding hydrogens is 1330 g/mol. The summed E-state index contributed by atoms with van der Waals surface area (Å²) in [6, 6.07) is -7.85. The van der Waals surface area contributed by atoms with Crippen LogP contribution >= 0.6 is 22.7 Å². The summed E-state index contributed by atoms with van der Waals surface area (Å²) >= 11 is 2.52. The molecule has 4 aromatic rings. The first kappa shape index (κ1) is 77.7. The Balaban J connectivity index is 1.26. The van der Waals surface area contributed by atoms with E-state index in [1.165, 1.54) is 50.4 Å². The van der Waals surface area contributed by atoms with Crippen LogP contribution in [-0.2, 0) is 65.0 Å². The standard InChI is InChI=1S/C55H83N17O21S3/c1-20-33(69-46(72-44(20)58)25(12-31(57)76)64-13-24(56)45(59)82)50(86)71-35(41(26-14-61-19-65-26)91-54-43(39(80)37(78)29(15-73)90-54)92-53-40(81)42(93-55(60)88)38(79)30(16-74)89-53)51(87)66-22(3)36(77)21(2)47(83)70-34(23(4)75)49(85)63-10-8-32-67-28(18-94-32)52-68-27(17-95-52)48(84)62-9-7-11-96(5)6/h14,17-19,21-25,29-30,34-43,53-54,64,73-75,77-81H,7-13,15-16,56H2,1-6H3,(H13-,57,58,59,60,61,62,63,65,66,69,70,71,72,76,82,83,84,85,86,87,88)/p+1/t21-,22+,23+,24-,25-,29+,30+,34+,35+,36+,37+,38+,39-,40-,41-,42-,43-,53-,54-/m0/s1. The Kier molecular flexibility index (Phi) is 29.0. The van der Waals surface area contributed by atoms with E-state index in [-0.39, 0.29) is 64.9 Å². The van der Waals surface area contributed by atoms with Crippen LogP contribution in [0.5, 0.6) is 0 Å². The molecule has 38 nitrogen and oxygen atoms in total. The minimum atomic E-state index is -2.20. The van der Waals surface area contributed by atoms with Gasteiger partial charge in [-0.3, -0.25) is 33.6 Å². The van der Waals surface area contributed by atoms with Gasteiger partial charge in [0.2, 0.25) is 29.5 Å². The van der Waals surface area contributed by atoms with Gasteiger partial charge in [0, 0.05) is 55.2 Å². The molecule has 4 aromatic heterocycles. The van der Waals surface area contributed by atoms with Crippen LogP contribution in [0.1, 0.15) is 88.8 Å². The van der Waals surface area contributed by atoms with E-state index in [0.717, 1.165) is 24.7 Å². The van der Waals surface area contributed by atoms with Crippen molar-refractivity contribution in [3.8, 4) is 10.7 Å². The fourth-order valence-electron chi connectivity index (χ4n) is 9.80. The maximum atomic E-state index is 15.2. The molecule has 0 unspecified atom stereocenters. The molecule has 0 saturated carbocycles. The van der Waals surface area contributed by atoms with Crippen LogP contribution in [0.3, 0.4) is 0 Å². The highest BCUT2D eigenvalue weighted by Gasteiger charge is 2.54. The third-order valence-corrected chi connectivity index (χ3v) is 18.2. The minimum absolute atomic E-state index is 0.00498. The smallest absolute Gasteiger partial charge is 0.404 e. The lowest BCUT2D eigenvalue weighted by atomic mass is 9.96. The number of rotatable bonds is 35. The molecule has 19 atom stereocenters. The Morgan fingerprint density at radius 1 is 0.781 bits per heavy atom. The summed E-state index contributed by atoms with van der Waals surface area (Å²) < 4.78 is 28.7. The summed E-state index contributed by atoms with van der Waals surface area (Å²) in [4.78, 5) is 131. The van der Waals surface area contributed by atoms with Crippen molar-refractivity contribution in [2.45, 2.75) is 157 Å². The van der Waals surface area contributed by atoms with E-state index in [0.29, 0.717) is 22.3 Å². The fraction of sp³-hybridized carbons (Fsp3) is 0.618. The topological polar surface area (TPSA) is 627 Å². The third-order valence-electron chi connectivity index (χ3n) is 15.3. The summed E-state index contributed by atoms with van der Waals surface area (Å²) in [7, 11) is 0.254. The number of hydrogen-bond donors (Lipinski definition) is 20. The predicted molar refractivity (Wildman–Crippen MR) is 339 cm³/mol. The quantitative estimate of drug-likeness (QED) is 0.0150. The molecule has 2 aliphatic rings. The summed E-state index contributed by atoms with van der Waals surface area (Å²) in [5.41, 5.74) is 28.1. The van der Waals surface area contributed by atoms with Crippen LogP contribution < -0.4 is 60.6 Å². The number of H-pyrrole nitrogens is 1. The molecule has 96 heavy (non-hydrogen) atoms. The second-order valence-corrected chi connectivity index (χ2v) is 27.0. The number of primary amides is 3. The maximum Gasteiger partial charge on any atom is 0.404 e. The van der Waals surface area contributed by atoms with Crippen LogP contribution in [0.2, 0.25) is 0 Å². The average Bonchev–Trinajstić information content (AvgIpc) is 0.885. The van der Waals surface area contributed by atoms with Crippen molar-refractivity contribution >= 4 is 86.8 Å². The lowest BCUT2D eigenvalue weighted by Gasteiger charge is -2.47. The summed E-state index contributed by atoms with van der Waals surface area (Å²) in [5.74, 6) is -7.69. The molecule has 2 saturated heterocycles. The molecule has 532 valence electrons. The summed E-state index contributed by atoms with van der Waals surface area (Å²) in [6.07, 6.45) is -20.0. The number of aromatic amines is 1. The summed E-state index contributed by atoms with van der Waals surface area (Å²) in [5, 5.41) is 108. The van der Waals surface area contributed by atoms with E-state index < -0.39 is 183 Å². The molecule has 0 spiro atoms. The lowest BCUT2D eigenvalue weighted by Crippen LogP contribution is -2.65. The van der Waals surface area contributed by atoms with Gasteiger partial charge >= 0.3 is 6.09 Å². The molecule has 25 N–H and O–H groups in total. The second kappa shape index (κ2) is 35.8. The zero-order chi connectivity index (χ0) is 71.0.